The third-order valence-corrected chi connectivity index (χ3v) is 2.93. The standard InChI is InChI=1S/C15H14FN3O2/c1-9-6-7-10(12(16)8-9)15(20)18-13-5-3-2-4-11(13)14(17)19-21/h2-8,21H,1H3,(H2,17,19)(H,18,20). The van der Waals surface area contributed by atoms with Crippen molar-refractivity contribution in [1.82, 2.24) is 0 Å². The van der Waals surface area contributed by atoms with Crippen molar-refractivity contribution < 1.29 is 14.4 Å². The van der Waals surface area contributed by atoms with E-state index < -0.39 is 11.7 Å². The first-order valence-electron chi connectivity index (χ1n) is 6.17. The molecule has 0 aliphatic rings. The van der Waals surface area contributed by atoms with Crippen LogP contribution in [0.15, 0.2) is 47.6 Å². The molecule has 2 aromatic carbocycles. The monoisotopic (exact) mass is 287 g/mol. The number of oxime groups is 1. The zero-order valence-electron chi connectivity index (χ0n) is 11.3. The molecule has 5 nitrogen and oxygen atoms in total. The van der Waals surface area contributed by atoms with Crippen molar-refractivity contribution in [3.63, 3.8) is 0 Å². The van der Waals surface area contributed by atoms with Gasteiger partial charge in [-0.3, -0.25) is 4.79 Å². The molecule has 0 bridgehead atoms. The maximum Gasteiger partial charge on any atom is 0.258 e. The number of anilines is 1. The largest absolute Gasteiger partial charge is 0.409 e. The molecule has 0 saturated heterocycles. The van der Waals surface area contributed by atoms with Crippen LogP contribution in [-0.4, -0.2) is 17.0 Å². The summed E-state index contributed by atoms with van der Waals surface area (Å²) in [6, 6.07) is 10.8. The predicted molar refractivity (Wildman–Crippen MR) is 78.0 cm³/mol. The van der Waals surface area contributed by atoms with Crippen molar-refractivity contribution in [2.24, 2.45) is 10.9 Å². The lowest BCUT2D eigenvalue weighted by Crippen LogP contribution is -2.19. The number of carbonyl (C=O) groups excluding carboxylic acids is 1. The molecule has 0 radical (unpaired) electrons. The van der Waals surface area contributed by atoms with Crippen LogP contribution < -0.4 is 11.1 Å². The summed E-state index contributed by atoms with van der Waals surface area (Å²) in [6.45, 7) is 1.73. The number of para-hydroxylation sites is 1. The van der Waals surface area contributed by atoms with Crippen LogP contribution in [0, 0.1) is 12.7 Å². The van der Waals surface area contributed by atoms with Gasteiger partial charge in [0.05, 0.1) is 11.3 Å². The van der Waals surface area contributed by atoms with Crippen LogP contribution in [0.3, 0.4) is 0 Å². The van der Waals surface area contributed by atoms with Crippen LogP contribution in [0.1, 0.15) is 21.5 Å². The number of nitrogens with one attached hydrogen (secondary N) is 1. The number of nitrogens with zero attached hydrogens (tertiary/aromatic N) is 1. The Morgan fingerprint density at radius 2 is 1.95 bits per heavy atom. The van der Waals surface area contributed by atoms with Crippen molar-refractivity contribution in [1.29, 1.82) is 0 Å². The Kier molecular flexibility index (Phi) is 4.18. The highest BCUT2D eigenvalue weighted by Gasteiger charge is 2.14. The lowest BCUT2D eigenvalue weighted by molar-refractivity contribution is 0.102. The fourth-order valence-electron chi connectivity index (χ4n) is 1.86. The Bertz CT molecular complexity index is 714. The second-order valence-corrected chi connectivity index (χ2v) is 4.47. The van der Waals surface area contributed by atoms with Gasteiger partial charge in [-0.05, 0) is 36.8 Å². The molecule has 4 N–H and O–H groups in total. The number of halogens is 1. The normalized spacial score (nSPS) is 11.2. The summed E-state index contributed by atoms with van der Waals surface area (Å²) in [5.41, 5.74) is 6.86. The number of rotatable bonds is 3. The number of hydrogen-bond acceptors (Lipinski definition) is 3. The van der Waals surface area contributed by atoms with Crippen LogP contribution in [-0.2, 0) is 0 Å². The summed E-state index contributed by atoms with van der Waals surface area (Å²) >= 11 is 0. The quantitative estimate of drug-likeness (QED) is 0.351. The van der Waals surface area contributed by atoms with E-state index in [1.54, 1.807) is 37.3 Å². The fraction of sp³-hybridized carbons (Fsp3) is 0.0667. The molecule has 0 saturated carbocycles. The van der Waals surface area contributed by atoms with E-state index in [2.05, 4.69) is 10.5 Å². The average Bonchev–Trinajstić information content (AvgIpc) is 2.46. The smallest absolute Gasteiger partial charge is 0.258 e. The van der Waals surface area contributed by atoms with Crippen LogP contribution in [0.2, 0.25) is 0 Å². The summed E-state index contributed by atoms with van der Waals surface area (Å²) in [4.78, 5) is 12.1. The zero-order valence-corrected chi connectivity index (χ0v) is 11.3. The van der Waals surface area contributed by atoms with Gasteiger partial charge in [-0.25, -0.2) is 4.39 Å². The van der Waals surface area contributed by atoms with Crippen molar-refractivity contribution in [2.75, 3.05) is 5.32 Å². The first kappa shape index (κ1) is 14.5. The van der Waals surface area contributed by atoms with Crippen molar-refractivity contribution in [2.45, 2.75) is 6.92 Å². The molecule has 6 heteroatoms. The second kappa shape index (κ2) is 6.04. The molecule has 0 spiro atoms. The van der Waals surface area contributed by atoms with Crippen molar-refractivity contribution in [3.05, 3.63) is 65.0 Å². The summed E-state index contributed by atoms with van der Waals surface area (Å²) in [7, 11) is 0. The van der Waals surface area contributed by atoms with Gasteiger partial charge in [0.15, 0.2) is 5.84 Å². The van der Waals surface area contributed by atoms with Gasteiger partial charge in [-0.1, -0.05) is 23.4 Å². The Balaban J connectivity index is 2.32. The summed E-state index contributed by atoms with van der Waals surface area (Å²) < 4.78 is 13.8. The molecule has 0 aliphatic carbocycles. The Morgan fingerprint density at radius 3 is 2.62 bits per heavy atom. The van der Waals surface area contributed by atoms with E-state index in [1.165, 1.54) is 12.1 Å². The molecule has 2 rings (SSSR count). The maximum atomic E-state index is 13.8. The number of nitrogens with two attached hydrogens (primary N) is 1. The topological polar surface area (TPSA) is 87.7 Å². The number of hydrogen-bond donors (Lipinski definition) is 3. The molecule has 0 fully saturated rings. The van der Waals surface area contributed by atoms with E-state index in [0.717, 1.165) is 5.56 Å². The molecule has 1 amide bonds. The average molecular weight is 287 g/mol. The summed E-state index contributed by atoms with van der Waals surface area (Å²) in [6.07, 6.45) is 0. The lowest BCUT2D eigenvalue weighted by atomic mass is 10.1. The Morgan fingerprint density at radius 1 is 1.24 bits per heavy atom. The molecule has 0 atom stereocenters. The highest BCUT2D eigenvalue weighted by Crippen LogP contribution is 2.17. The van der Waals surface area contributed by atoms with Crippen LogP contribution >= 0.6 is 0 Å². The molecule has 0 aliphatic heterocycles. The van der Waals surface area contributed by atoms with Gasteiger partial charge in [-0.15, -0.1) is 0 Å². The third-order valence-electron chi connectivity index (χ3n) is 2.93. The molecule has 0 unspecified atom stereocenters. The molecular formula is C15H14FN3O2. The minimum absolute atomic E-state index is 0.0742. The Hall–Kier alpha value is -2.89. The van der Waals surface area contributed by atoms with Gasteiger partial charge in [0, 0.05) is 5.56 Å². The number of amidine groups is 1. The zero-order chi connectivity index (χ0) is 15.4. The highest BCUT2D eigenvalue weighted by molar-refractivity contribution is 6.09. The van der Waals surface area contributed by atoms with Crippen LogP contribution in [0.5, 0.6) is 0 Å². The van der Waals surface area contributed by atoms with Crippen molar-refractivity contribution in [3.8, 4) is 0 Å². The van der Waals surface area contributed by atoms with Crippen LogP contribution in [0.25, 0.3) is 0 Å². The molecule has 0 aromatic heterocycles. The first-order valence-corrected chi connectivity index (χ1v) is 6.17. The minimum Gasteiger partial charge on any atom is -0.409 e. The third kappa shape index (κ3) is 3.17. The number of aryl methyl sites for hydroxylation is 1. The number of amides is 1. The van der Waals surface area contributed by atoms with E-state index in [1.807, 2.05) is 0 Å². The molecule has 108 valence electrons. The molecule has 21 heavy (non-hydrogen) atoms. The van der Waals surface area contributed by atoms with Crippen LogP contribution in [0.4, 0.5) is 10.1 Å². The predicted octanol–water partition coefficient (Wildman–Crippen LogP) is 2.48. The number of carbonyl (C=O) groups is 1. The van der Waals surface area contributed by atoms with Gasteiger partial charge in [0.1, 0.15) is 5.82 Å². The van der Waals surface area contributed by atoms with Crippen molar-refractivity contribution >= 4 is 17.4 Å². The van der Waals surface area contributed by atoms with Gasteiger partial charge in [0.2, 0.25) is 0 Å². The van der Waals surface area contributed by atoms with Gasteiger partial charge < -0.3 is 16.3 Å². The second-order valence-electron chi connectivity index (χ2n) is 4.47. The molecule has 2 aromatic rings. The first-order chi connectivity index (χ1) is 10.0. The summed E-state index contributed by atoms with van der Waals surface area (Å²) in [5.74, 6) is -1.35. The SMILES string of the molecule is Cc1ccc(C(=O)Nc2ccccc2/C(N)=N/O)c(F)c1. The van der Waals surface area contributed by atoms with Gasteiger partial charge in [0.25, 0.3) is 5.91 Å². The van der Waals surface area contributed by atoms with Gasteiger partial charge in [-0.2, -0.15) is 0 Å². The number of benzene rings is 2. The molecule has 0 heterocycles. The van der Waals surface area contributed by atoms with Gasteiger partial charge >= 0.3 is 0 Å². The summed E-state index contributed by atoms with van der Waals surface area (Å²) in [5, 5.41) is 14.2. The van der Waals surface area contributed by atoms with E-state index in [4.69, 9.17) is 10.9 Å². The van der Waals surface area contributed by atoms with E-state index in [-0.39, 0.29) is 11.4 Å². The van der Waals surface area contributed by atoms with E-state index in [0.29, 0.717) is 11.3 Å². The lowest BCUT2D eigenvalue weighted by Gasteiger charge is -2.10. The Labute approximate surface area is 120 Å². The fourth-order valence-corrected chi connectivity index (χ4v) is 1.86. The van der Waals surface area contributed by atoms with E-state index >= 15 is 0 Å². The molecular weight excluding hydrogens is 273 g/mol. The maximum absolute atomic E-state index is 13.8. The minimum atomic E-state index is -0.606. The van der Waals surface area contributed by atoms with E-state index in [9.17, 15) is 9.18 Å². The highest BCUT2D eigenvalue weighted by atomic mass is 19.1.